The molecule has 4 aromatic rings. The number of halogens is 2. The number of hydrogen-bond acceptors (Lipinski definition) is 6. The summed E-state index contributed by atoms with van der Waals surface area (Å²) < 4.78 is 7.02. The molecule has 33 heavy (non-hydrogen) atoms. The number of ether oxygens (including phenoxy) is 1. The number of benzene rings is 1. The van der Waals surface area contributed by atoms with Crippen LogP contribution < -0.4 is 5.32 Å². The van der Waals surface area contributed by atoms with Gasteiger partial charge in [0.15, 0.2) is 18.1 Å². The summed E-state index contributed by atoms with van der Waals surface area (Å²) in [5.74, 6) is -1.14. The summed E-state index contributed by atoms with van der Waals surface area (Å²) in [5.41, 5.74) is 2.26. The number of fused-ring (bicyclic) bond motifs is 1. The zero-order valence-corrected chi connectivity index (χ0v) is 19.3. The maximum absolute atomic E-state index is 13.0. The van der Waals surface area contributed by atoms with E-state index in [4.69, 9.17) is 32.9 Å². The zero-order chi connectivity index (χ0) is 23.5. The maximum atomic E-state index is 13.0. The summed E-state index contributed by atoms with van der Waals surface area (Å²) in [6, 6.07) is 12.6. The van der Waals surface area contributed by atoms with Crippen LogP contribution in [-0.4, -0.2) is 38.2 Å². The predicted octanol–water partition coefficient (Wildman–Crippen LogP) is 5.18. The number of nitrogens with zero attached hydrogens (tertiary/aromatic N) is 4. The van der Waals surface area contributed by atoms with Crippen molar-refractivity contribution in [2.75, 3.05) is 11.9 Å². The van der Waals surface area contributed by atoms with Gasteiger partial charge in [-0.15, -0.1) is 0 Å². The molecule has 0 unspecified atom stereocenters. The van der Waals surface area contributed by atoms with Gasteiger partial charge in [0.25, 0.3) is 5.91 Å². The number of anilines is 1. The van der Waals surface area contributed by atoms with Crippen molar-refractivity contribution in [3.8, 4) is 11.3 Å². The van der Waals surface area contributed by atoms with Gasteiger partial charge in [-0.1, -0.05) is 53.5 Å². The number of hydrogen-bond donors (Lipinski definition) is 1. The number of nitrogens with one attached hydrogen (secondary N) is 1. The molecule has 0 spiro atoms. The van der Waals surface area contributed by atoms with E-state index in [1.165, 1.54) is 12.3 Å². The van der Waals surface area contributed by atoms with Gasteiger partial charge in [0, 0.05) is 17.8 Å². The van der Waals surface area contributed by atoms with Gasteiger partial charge in [0.1, 0.15) is 0 Å². The van der Waals surface area contributed by atoms with Crippen LogP contribution in [0.3, 0.4) is 0 Å². The van der Waals surface area contributed by atoms with Crippen molar-refractivity contribution in [1.29, 1.82) is 0 Å². The van der Waals surface area contributed by atoms with Gasteiger partial charge in [-0.3, -0.25) is 4.79 Å². The molecule has 8 nitrogen and oxygen atoms in total. The maximum Gasteiger partial charge on any atom is 0.339 e. The smallest absolute Gasteiger partial charge is 0.339 e. The molecule has 10 heteroatoms. The predicted molar refractivity (Wildman–Crippen MR) is 127 cm³/mol. The van der Waals surface area contributed by atoms with Crippen LogP contribution in [0.2, 0.25) is 10.0 Å². The lowest BCUT2D eigenvalue weighted by Gasteiger charge is -2.11. The first-order chi connectivity index (χ1) is 15.8. The Kier molecular flexibility index (Phi) is 6.57. The van der Waals surface area contributed by atoms with Crippen LogP contribution >= 0.6 is 23.2 Å². The fourth-order valence-electron chi connectivity index (χ4n) is 3.21. The third kappa shape index (κ3) is 4.97. The van der Waals surface area contributed by atoms with E-state index in [9.17, 15) is 9.59 Å². The van der Waals surface area contributed by atoms with E-state index in [-0.39, 0.29) is 22.4 Å². The first kappa shape index (κ1) is 22.7. The number of carbonyl (C=O) groups is 2. The molecule has 1 aromatic carbocycles. The first-order valence-electron chi connectivity index (χ1n) is 10.0. The molecule has 0 saturated carbocycles. The van der Waals surface area contributed by atoms with E-state index in [1.54, 1.807) is 16.9 Å². The first-order valence-corrected chi connectivity index (χ1v) is 10.8. The van der Waals surface area contributed by atoms with Crippen LogP contribution in [0.5, 0.6) is 0 Å². The van der Waals surface area contributed by atoms with E-state index in [0.717, 1.165) is 5.56 Å². The highest BCUT2D eigenvalue weighted by Gasteiger charge is 2.20. The molecule has 0 aliphatic rings. The van der Waals surface area contributed by atoms with Crippen molar-refractivity contribution in [1.82, 2.24) is 19.7 Å². The fourth-order valence-corrected chi connectivity index (χ4v) is 3.63. The standard InChI is InChI=1S/C23H19Cl2N5O3/c1-13(2)30-22-17(11-27-30)16(9-19(28-22)14-6-4-3-5-7-14)23(32)33-12-20(31)29-21-18(25)8-15(24)10-26-21/h3-11,13H,12H2,1-2H3,(H,26,29,31). The number of rotatable bonds is 6. The summed E-state index contributed by atoms with van der Waals surface area (Å²) >= 11 is 11.8. The Morgan fingerprint density at radius 2 is 1.88 bits per heavy atom. The largest absolute Gasteiger partial charge is 0.452 e. The zero-order valence-electron chi connectivity index (χ0n) is 17.8. The van der Waals surface area contributed by atoms with Gasteiger partial charge >= 0.3 is 5.97 Å². The van der Waals surface area contributed by atoms with Gasteiger partial charge in [0.05, 0.1) is 32.9 Å². The molecular weight excluding hydrogens is 465 g/mol. The summed E-state index contributed by atoms with van der Waals surface area (Å²) in [6.07, 6.45) is 2.92. The van der Waals surface area contributed by atoms with E-state index < -0.39 is 18.5 Å². The summed E-state index contributed by atoms with van der Waals surface area (Å²) in [6.45, 7) is 3.42. The Bertz CT molecular complexity index is 1340. The van der Waals surface area contributed by atoms with Gasteiger partial charge in [-0.2, -0.15) is 5.10 Å². The minimum absolute atomic E-state index is 0.0345. The summed E-state index contributed by atoms with van der Waals surface area (Å²) in [4.78, 5) is 33.9. The number of esters is 1. The molecular formula is C23H19Cl2N5O3. The third-order valence-corrected chi connectivity index (χ3v) is 5.24. The topological polar surface area (TPSA) is 99.0 Å². The highest BCUT2D eigenvalue weighted by atomic mass is 35.5. The molecule has 0 saturated heterocycles. The number of pyridine rings is 2. The minimum Gasteiger partial charge on any atom is -0.452 e. The Balaban J connectivity index is 1.60. The lowest BCUT2D eigenvalue weighted by atomic mass is 10.1. The summed E-state index contributed by atoms with van der Waals surface area (Å²) in [7, 11) is 0. The second-order valence-corrected chi connectivity index (χ2v) is 8.29. The number of amides is 1. The Hall–Kier alpha value is -3.49. The highest BCUT2D eigenvalue weighted by molar-refractivity contribution is 6.36. The highest BCUT2D eigenvalue weighted by Crippen LogP contribution is 2.27. The monoisotopic (exact) mass is 483 g/mol. The van der Waals surface area contributed by atoms with Crippen molar-refractivity contribution >= 4 is 51.9 Å². The number of aromatic nitrogens is 4. The molecule has 3 aromatic heterocycles. The van der Waals surface area contributed by atoms with E-state index in [1.807, 2.05) is 44.2 Å². The van der Waals surface area contributed by atoms with Gasteiger partial charge < -0.3 is 10.1 Å². The van der Waals surface area contributed by atoms with Crippen LogP contribution in [0.1, 0.15) is 30.2 Å². The second-order valence-electron chi connectivity index (χ2n) is 7.45. The van der Waals surface area contributed by atoms with Crippen molar-refractivity contribution in [3.05, 3.63) is 70.5 Å². The van der Waals surface area contributed by atoms with Crippen LogP contribution in [0, 0.1) is 0 Å². The normalized spacial score (nSPS) is 11.1. The van der Waals surface area contributed by atoms with Crippen LogP contribution in [0.25, 0.3) is 22.3 Å². The lowest BCUT2D eigenvalue weighted by molar-refractivity contribution is -0.119. The van der Waals surface area contributed by atoms with Crippen molar-refractivity contribution < 1.29 is 14.3 Å². The molecule has 0 radical (unpaired) electrons. The van der Waals surface area contributed by atoms with Crippen molar-refractivity contribution in [3.63, 3.8) is 0 Å². The van der Waals surface area contributed by atoms with Gasteiger partial charge in [-0.05, 0) is 26.0 Å². The van der Waals surface area contributed by atoms with Crippen molar-refractivity contribution in [2.24, 2.45) is 0 Å². The molecule has 0 bridgehead atoms. The van der Waals surface area contributed by atoms with Gasteiger partial charge in [0.2, 0.25) is 0 Å². The Labute approximate surface area is 199 Å². The average molecular weight is 484 g/mol. The minimum atomic E-state index is -0.673. The summed E-state index contributed by atoms with van der Waals surface area (Å²) in [5, 5.41) is 7.91. The average Bonchev–Trinajstić information content (AvgIpc) is 3.24. The van der Waals surface area contributed by atoms with E-state index in [2.05, 4.69) is 15.4 Å². The van der Waals surface area contributed by atoms with Crippen LogP contribution in [0.4, 0.5) is 5.82 Å². The molecule has 4 rings (SSSR count). The molecule has 0 atom stereocenters. The molecule has 168 valence electrons. The SMILES string of the molecule is CC(C)n1ncc2c(C(=O)OCC(=O)Nc3ncc(Cl)cc3Cl)cc(-c3ccccc3)nc21. The molecule has 3 heterocycles. The molecule has 0 fully saturated rings. The van der Waals surface area contributed by atoms with Crippen LogP contribution in [0.15, 0.2) is 54.9 Å². The molecule has 0 aliphatic heterocycles. The Morgan fingerprint density at radius 3 is 2.58 bits per heavy atom. The molecule has 1 amide bonds. The molecule has 1 N–H and O–H groups in total. The lowest BCUT2D eigenvalue weighted by Crippen LogP contribution is -2.21. The van der Waals surface area contributed by atoms with E-state index in [0.29, 0.717) is 21.7 Å². The second kappa shape index (κ2) is 9.56. The molecule has 0 aliphatic carbocycles. The van der Waals surface area contributed by atoms with Crippen molar-refractivity contribution in [2.45, 2.75) is 19.9 Å². The number of carbonyl (C=O) groups excluding carboxylic acids is 2. The third-order valence-electron chi connectivity index (χ3n) is 4.75. The quantitative estimate of drug-likeness (QED) is 0.379. The Morgan fingerprint density at radius 1 is 1.12 bits per heavy atom. The van der Waals surface area contributed by atoms with Gasteiger partial charge in [-0.25, -0.2) is 19.4 Å². The fraction of sp³-hybridized carbons (Fsp3) is 0.174. The van der Waals surface area contributed by atoms with E-state index >= 15 is 0 Å². The van der Waals surface area contributed by atoms with Crippen LogP contribution in [-0.2, 0) is 9.53 Å².